The molecule has 1 saturated heterocycles. The Kier molecular flexibility index (Phi) is 9.56. The smallest absolute Gasteiger partial charge is 0.368 e. The molecule has 0 saturated carbocycles. The number of halogens is 6. The van der Waals surface area contributed by atoms with Gasteiger partial charge in [-0.3, -0.25) is 4.98 Å². The molecule has 1 aliphatic rings. The number of anilines is 2. The van der Waals surface area contributed by atoms with Crippen molar-refractivity contribution in [2.45, 2.75) is 13.1 Å². The van der Waals surface area contributed by atoms with E-state index in [0.717, 1.165) is 30.5 Å². The molecule has 1 aromatic heterocycles. The number of aryl methyl sites for hydroxylation is 1. The summed E-state index contributed by atoms with van der Waals surface area (Å²) in [5.74, 6) is 0. The topological polar surface area (TPSA) is 19.4 Å². The standard InChI is InChI=1S/C17H18F3N3.3ClH/c1-13-11-16(5-6-21-13)23-9-7-22(8-10-23)15-4-2-3-14(12-15)17(18,19)20;;;/h2-6,11-12H,7-10H2,1H3;3*1H. The first-order valence-electron chi connectivity index (χ1n) is 7.53. The van der Waals surface area contributed by atoms with E-state index in [2.05, 4.69) is 9.88 Å². The zero-order chi connectivity index (χ0) is 16.4. The van der Waals surface area contributed by atoms with Crippen LogP contribution >= 0.6 is 37.2 Å². The largest absolute Gasteiger partial charge is 0.416 e. The Balaban J connectivity index is 0.00000208. The molecular formula is C17H21Cl3F3N3. The molecule has 1 fully saturated rings. The maximum absolute atomic E-state index is 12.8. The van der Waals surface area contributed by atoms with Crippen molar-refractivity contribution < 1.29 is 13.2 Å². The van der Waals surface area contributed by atoms with E-state index in [1.54, 1.807) is 12.3 Å². The fraction of sp³-hybridized carbons (Fsp3) is 0.353. The summed E-state index contributed by atoms with van der Waals surface area (Å²) >= 11 is 0. The van der Waals surface area contributed by atoms with E-state index in [4.69, 9.17) is 0 Å². The minimum Gasteiger partial charge on any atom is -0.368 e. The van der Waals surface area contributed by atoms with Crippen LogP contribution in [0.3, 0.4) is 0 Å². The summed E-state index contributed by atoms with van der Waals surface area (Å²) in [6.45, 7) is 4.90. The van der Waals surface area contributed by atoms with Crippen LogP contribution in [0.15, 0.2) is 42.6 Å². The third kappa shape index (κ3) is 5.83. The molecule has 2 heterocycles. The molecule has 1 aliphatic heterocycles. The summed E-state index contributed by atoms with van der Waals surface area (Å²) < 4.78 is 38.5. The zero-order valence-electron chi connectivity index (χ0n) is 14.1. The summed E-state index contributed by atoms with van der Waals surface area (Å²) in [7, 11) is 0. The van der Waals surface area contributed by atoms with Crippen molar-refractivity contribution in [1.82, 2.24) is 4.98 Å². The van der Waals surface area contributed by atoms with Gasteiger partial charge in [-0.05, 0) is 37.3 Å². The van der Waals surface area contributed by atoms with Gasteiger partial charge in [0.15, 0.2) is 0 Å². The van der Waals surface area contributed by atoms with E-state index in [1.165, 1.54) is 12.1 Å². The second-order valence-corrected chi connectivity index (χ2v) is 5.68. The number of benzene rings is 1. The highest BCUT2D eigenvalue weighted by Crippen LogP contribution is 2.32. The number of hydrogen-bond donors (Lipinski definition) is 0. The average Bonchev–Trinajstić information content (AvgIpc) is 2.54. The molecule has 0 spiro atoms. The van der Waals surface area contributed by atoms with Gasteiger partial charge in [-0.2, -0.15) is 13.2 Å². The van der Waals surface area contributed by atoms with Crippen LogP contribution in [0.2, 0.25) is 0 Å². The van der Waals surface area contributed by atoms with Crippen molar-refractivity contribution in [2.24, 2.45) is 0 Å². The second kappa shape index (κ2) is 10.1. The molecule has 0 N–H and O–H groups in total. The molecule has 146 valence electrons. The molecule has 0 unspecified atom stereocenters. The SMILES string of the molecule is Cc1cc(N2CCN(c3cccc(C(F)(F)F)c3)CC2)ccn1.Cl.Cl.Cl. The van der Waals surface area contributed by atoms with Crippen LogP contribution in [0.5, 0.6) is 0 Å². The van der Waals surface area contributed by atoms with E-state index in [-0.39, 0.29) is 37.2 Å². The van der Waals surface area contributed by atoms with Crippen LogP contribution in [0.4, 0.5) is 24.5 Å². The van der Waals surface area contributed by atoms with Gasteiger partial charge in [0, 0.05) is 49.4 Å². The molecule has 1 aromatic carbocycles. The minimum atomic E-state index is -4.30. The normalized spacial score (nSPS) is 14.0. The first kappa shape index (κ1) is 24.6. The monoisotopic (exact) mass is 429 g/mol. The highest BCUT2D eigenvalue weighted by Gasteiger charge is 2.31. The van der Waals surface area contributed by atoms with Gasteiger partial charge in [-0.1, -0.05) is 6.07 Å². The van der Waals surface area contributed by atoms with Crippen LogP contribution in [-0.4, -0.2) is 31.2 Å². The van der Waals surface area contributed by atoms with Gasteiger partial charge in [0.1, 0.15) is 0 Å². The summed E-state index contributed by atoms with van der Waals surface area (Å²) in [6.07, 6.45) is -2.52. The van der Waals surface area contributed by atoms with Crippen LogP contribution in [0, 0.1) is 6.92 Å². The first-order valence-corrected chi connectivity index (χ1v) is 7.53. The predicted molar refractivity (Wildman–Crippen MR) is 107 cm³/mol. The van der Waals surface area contributed by atoms with Gasteiger partial charge in [0.05, 0.1) is 5.56 Å². The minimum absolute atomic E-state index is 0. The molecular weight excluding hydrogens is 410 g/mol. The number of alkyl halides is 3. The van der Waals surface area contributed by atoms with E-state index >= 15 is 0 Å². The number of rotatable bonds is 2. The summed E-state index contributed by atoms with van der Waals surface area (Å²) in [6, 6.07) is 9.54. The number of nitrogens with zero attached hydrogens (tertiary/aromatic N) is 3. The molecule has 3 rings (SSSR count). The zero-order valence-corrected chi connectivity index (χ0v) is 16.5. The van der Waals surface area contributed by atoms with Gasteiger partial charge < -0.3 is 9.80 Å². The summed E-state index contributed by atoms with van der Waals surface area (Å²) in [5.41, 5.74) is 2.11. The fourth-order valence-corrected chi connectivity index (χ4v) is 2.83. The maximum atomic E-state index is 12.8. The molecule has 9 heteroatoms. The van der Waals surface area contributed by atoms with Gasteiger partial charge in [0.25, 0.3) is 0 Å². The number of aromatic nitrogens is 1. The fourth-order valence-electron chi connectivity index (χ4n) is 2.83. The lowest BCUT2D eigenvalue weighted by Crippen LogP contribution is -2.46. The molecule has 26 heavy (non-hydrogen) atoms. The molecule has 0 atom stereocenters. The lowest BCUT2D eigenvalue weighted by atomic mass is 10.1. The van der Waals surface area contributed by atoms with E-state index in [9.17, 15) is 13.2 Å². The van der Waals surface area contributed by atoms with E-state index in [0.29, 0.717) is 18.8 Å². The van der Waals surface area contributed by atoms with Crippen LogP contribution in [0.1, 0.15) is 11.3 Å². The Bertz CT molecular complexity index is 690. The molecule has 2 aromatic rings. The Morgan fingerprint density at radius 1 is 0.846 bits per heavy atom. The molecule has 0 aliphatic carbocycles. The highest BCUT2D eigenvalue weighted by molar-refractivity contribution is 5.86. The summed E-state index contributed by atoms with van der Waals surface area (Å²) in [5, 5.41) is 0. The Labute approximate surface area is 169 Å². The van der Waals surface area contributed by atoms with Crippen molar-refractivity contribution in [3.05, 3.63) is 53.9 Å². The first-order chi connectivity index (χ1) is 10.9. The van der Waals surface area contributed by atoms with Crippen molar-refractivity contribution in [1.29, 1.82) is 0 Å². The Morgan fingerprint density at radius 3 is 1.88 bits per heavy atom. The molecule has 0 amide bonds. The Hall–Kier alpha value is -1.37. The highest BCUT2D eigenvalue weighted by atomic mass is 35.5. The van der Waals surface area contributed by atoms with Gasteiger partial charge >= 0.3 is 6.18 Å². The van der Waals surface area contributed by atoms with E-state index in [1.807, 2.05) is 24.0 Å². The summed E-state index contributed by atoms with van der Waals surface area (Å²) in [4.78, 5) is 8.42. The van der Waals surface area contributed by atoms with Crippen LogP contribution in [-0.2, 0) is 6.18 Å². The molecule has 3 nitrogen and oxygen atoms in total. The lowest BCUT2D eigenvalue weighted by Gasteiger charge is -2.37. The van der Waals surface area contributed by atoms with Gasteiger partial charge in [-0.25, -0.2) is 0 Å². The Morgan fingerprint density at radius 2 is 1.38 bits per heavy atom. The number of piperazine rings is 1. The third-order valence-corrected chi connectivity index (χ3v) is 4.06. The predicted octanol–water partition coefficient (Wildman–Crippen LogP) is 5.00. The molecule has 0 radical (unpaired) electrons. The quantitative estimate of drug-likeness (QED) is 0.668. The van der Waals surface area contributed by atoms with Crippen molar-refractivity contribution in [3.63, 3.8) is 0 Å². The number of hydrogen-bond acceptors (Lipinski definition) is 3. The maximum Gasteiger partial charge on any atom is 0.416 e. The number of pyridine rings is 1. The van der Waals surface area contributed by atoms with Crippen LogP contribution in [0.25, 0.3) is 0 Å². The van der Waals surface area contributed by atoms with Crippen molar-refractivity contribution >= 4 is 48.6 Å². The molecule has 0 bridgehead atoms. The van der Waals surface area contributed by atoms with Gasteiger partial charge in [0.2, 0.25) is 0 Å². The van der Waals surface area contributed by atoms with Crippen molar-refractivity contribution in [2.75, 3.05) is 36.0 Å². The van der Waals surface area contributed by atoms with Crippen LogP contribution < -0.4 is 9.80 Å². The van der Waals surface area contributed by atoms with Crippen molar-refractivity contribution in [3.8, 4) is 0 Å². The lowest BCUT2D eigenvalue weighted by molar-refractivity contribution is -0.137. The van der Waals surface area contributed by atoms with E-state index < -0.39 is 11.7 Å². The average molecular weight is 431 g/mol. The second-order valence-electron chi connectivity index (χ2n) is 5.68. The van der Waals surface area contributed by atoms with Gasteiger partial charge in [-0.15, -0.1) is 37.2 Å². The third-order valence-electron chi connectivity index (χ3n) is 4.06.